The van der Waals surface area contributed by atoms with Gasteiger partial charge in [0.25, 0.3) is 5.95 Å². The quantitative estimate of drug-likeness (QED) is 0.439. The van der Waals surface area contributed by atoms with Crippen LogP contribution < -0.4 is 0 Å². The molecule has 1 N–H and O–H groups in total. The van der Waals surface area contributed by atoms with Crippen molar-refractivity contribution >= 4 is 11.9 Å². The number of hydrogen-bond donors (Lipinski definition) is 1. The van der Waals surface area contributed by atoms with Gasteiger partial charge in [-0.25, -0.2) is 4.68 Å². The van der Waals surface area contributed by atoms with Crippen LogP contribution in [0.25, 0.3) is 5.95 Å². The monoisotopic (exact) mass is 341 g/mol. The van der Waals surface area contributed by atoms with Crippen molar-refractivity contribution < 1.29 is 10.0 Å². The van der Waals surface area contributed by atoms with Gasteiger partial charge in [-0.05, 0) is 32.9 Å². The van der Waals surface area contributed by atoms with E-state index < -0.39 is 10.7 Å². The van der Waals surface area contributed by atoms with Crippen LogP contribution in [-0.4, -0.2) is 40.9 Å². The Morgan fingerprint density at radius 3 is 2.68 bits per heavy atom. The van der Waals surface area contributed by atoms with E-state index in [9.17, 15) is 15.2 Å². The first kappa shape index (κ1) is 16.3. The van der Waals surface area contributed by atoms with Crippen molar-refractivity contribution in [2.45, 2.75) is 20.8 Å². The number of nitro groups is 1. The standard InChI is InChI=1S/C15H15N7O3/c1-9-7-10(2)20(19-9)15-18-17-11(3)21(15)16-8-12-5-4-6-13(14(12)23)22(24)25/h4-8,23H,1-3H3. The van der Waals surface area contributed by atoms with Gasteiger partial charge in [-0.3, -0.25) is 10.1 Å². The number of rotatable bonds is 4. The molecule has 0 saturated carbocycles. The fourth-order valence-electron chi connectivity index (χ4n) is 2.37. The minimum atomic E-state index is -0.655. The summed E-state index contributed by atoms with van der Waals surface area (Å²) in [4.78, 5) is 10.2. The van der Waals surface area contributed by atoms with Crippen molar-refractivity contribution in [1.82, 2.24) is 24.7 Å². The largest absolute Gasteiger partial charge is 0.502 e. The molecule has 3 rings (SSSR count). The molecule has 0 spiro atoms. The fraction of sp³-hybridized carbons (Fsp3) is 0.200. The molecule has 0 aliphatic carbocycles. The molecule has 0 bridgehead atoms. The Hall–Kier alpha value is -3.56. The van der Waals surface area contributed by atoms with Crippen LogP contribution in [-0.2, 0) is 0 Å². The van der Waals surface area contributed by atoms with Gasteiger partial charge in [-0.1, -0.05) is 6.07 Å². The molecule has 128 valence electrons. The molecule has 0 fully saturated rings. The second-order valence-electron chi connectivity index (χ2n) is 5.41. The van der Waals surface area contributed by atoms with Crippen LogP contribution in [0.5, 0.6) is 5.75 Å². The lowest BCUT2D eigenvalue weighted by molar-refractivity contribution is -0.385. The maximum Gasteiger partial charge on any atom is 0.311 e. The zero-order valence-corrected chi connectivity index (χ0v) is 13.8. The van der Waals surface area contributed by atoms with E-state index in [1.165, 1.54) is 29.1 Å². The minimum Gasteiger partial charge on any atom is -0.502 e. The summed E-state index contributed by atoms with van der Waals surface area (Å²) in [6, 6.07) is 6.11. The van der Waals surface area contributed by atoms with E-state index >= 15 is 0 Å². The Morgan fingerprint density at radius 1 is 1.28 bits per heavy atom. The number of aryl methyl sites for hydroxylation is 3. The Kier molecular flexibility index (Phi) is 4.01. The summed E-state index contributed by atoms with van der Waals surface area (Å²) in [5, 5.41) is 37.6. The summed E-state index contributed by atoms with van der Waals surface area (Å²) in [5.41, 5.74) is 1.51. The molecule has 10 nitrogen and oxygen atoms in total. The van der Waals surface area contributed by atoms with E-state index in [4.69, 9.17) is 0 Å². The molecule has 0 atom stereocenters. The average molecular weight is 341 g/mol. The van der Waals surface area contributed by atoms with Crippen LogP contribution in [0.4, 0.5) is 5.69 Å². The zero-order chi connectivity index (χ0) is 18.1. The third-order valence-corrected chi connectivity index (χ3v) is 3.53. The van der Waals surface area contributed by atoms with Crippen molar-refractivity contribution in [3.05, 3.63) is 57.2 Å². The predicted molar refractivity (Wildman–Crippen MR) is 89.1 cm³/mol. The van der Waals surface area contributed by atoms with Gasteiger partial charge in [0.1, 0.15) is 0 Å². The van der Waals surface area contributed by atoms with Crippen LogP contribution >= 0.6 is 0 Å². The molecular formula is C15H15N7O3. The van der Waals surface area contributed by atoms with E-state index in [0.29, 0.717) is 11.8 Å². The van der Waals surface area contributed by atoms with E-state index in [2.05, 4.69) is 20.4 Å². The highest BCUT2D eigenvalue weighted by Crippen LogP contribution is 2.28. The minimum absolute atomic E-state index is 0.210. The highest BCUT2D eigenvalue weighted by molar-refractivity contribution is 5.85. The second-order valence-corrected chi connectivity index (χ2v) is 5.41. The molecule has 1 aromatic carbocycles. The lowest BCUT2D eigenvalue weighted by Gasteiger charge is -2.04. The van der Waals surface area contributed by atoms with Crippen LogP contribution in [0, 0.1) is 30.9 Å². The smallest absolute Gasteiger partial charge is 0.311 e. The van der Waals surface area contributed by atoms with E-state index in [-0.39, 0.29) is 11.3 Å². The molecule has 2 heterocycles. The third kappa shape index (κ3) is 2.96. The number of para-hydroxylation sites is 1. The highest BCUT2D eigenvalue weighted by Gasteiger charge is 2.16. The van der Waals surface area contributed by atoms with Crippen molar-refractivity contribution in [3.8, 4) is 11.7 Å². The summed E-state index contributed by atoms with van der Waals surface area (Å²) < 4.78 is 3.04. The van der Waals surface area contributed by atoms with Gasteiger partial charge in [0.15, 0.2) is 5.82 Å². The van der Waals surface area contributed by atoms with Gasteiger partial charge in [-0.15, -0.1) is 10.2 Å². The maximum absolute atomic E-state index is 10.9. The number of aromatic nitrogens is 5. The van der Waals surface area contributed by atoms with Crippen LogP contribution in [0.15, 0.2) is 29.4 Å². The summed E-state index contributed by atoms with van der Waals surface area (Å²) in [5.74, 6) is 0.433. The van der Waals surface area contributed by atoms with E-state index in [1.807, 2.05) is 19.9 Å². The number of phenolic OH excluding ortho intramolecular Hbond substituents is 1. The molecular weight excluding hydrogens is 326 g/mol. The third-order valence-electron chi connectivity index (χ3n) is 3.53. The number of nitro benzene ring substituents is 1. The number of phenols is 1. The van der Waals surface area contributed by atoms with Gasteiger partial charge in [0, 0.05) is 17.3 Å². The molecule has 10 heteroatoms. The van der Waals surface area contributed by atoms with E-state index in [0.717, 1.165) is 11.4 Å². The normalized spacial score (nSPS) is 11.3. The molecule has 0 amide bonds. The Morgan fingerprint density at radius 2 is 2.04 bits per heavy atom. The zero-order valence-electron chi connectivity index (χ0n) is 13.8. The molecule has 0 aliphatic rings. The average Bonchev–Trinajstić information content (AvgIpc) is 3.07. The summed E-state index contributed by atoms with van der Waals surface area (Å²) in [7, 11) is 0. The Labute approximate surface area is 142 Å². The molecule has 0 saturated heterocycles. The number of hydrogen-bond acceptors (Lipinski definition) is 7. The van der Waals surface area contributed by atoms with Crippen LogP contribution in [0.1, 0.15) is 22.8 Å². The molecule has 0 unspecified atom stereocenters. The predicted octanol–water partition coefficient (Wildman–Crippen LogP) is 1.89. The number of benzene rings is 1. The SMILES string of the molecule is Cc1cc(C)n(-c2nnc(C)n2N=Cc2cccc([N+](=O)[O-])c2O)n1. The Balaban J connectivity index is 2.04. The molecule has 0 aliphatic heterocycles. The first-order valence-electron chi connectivity index (χ1n) is 7.35. The number of nitrogens with zero attached hydrogens (tertiary/aromatic N) is 7. The molecule has 25 heavy (non-hydrogen) atoms. The summed E-state index contributed by atoms with van der Waals surface area (Å²) in [6.07, 6.45) is 1.31. The lowest BCUT2D eigenvalue weighted by Crippen LogP contribution is -2.08. The lowest BCUT2D eigenvalue weighted by atomic mass is 10.2. The second kappa shape index (κ2) is 6.15. The topological polar surface area (TPSA) is 124 Å². The maximum atomic E-state index is 10.9. The van der Waals surface area contributed by atoms with Crippen LogP contribution in [0.2, 0.25) is 0 Å². The van der Waals surface area contributed by atoms with Crippen molar-refractivity contribution in [1.29, 1.82) is 0 Å². The van der Waals surface area contributed by atoms with Crippen molar-refractivity contribution in [3.63, 3.8) is 0 Å². The van der Waals surface area contributed by atoms with Gasteiger partial charge in [0.2, 0.25) is 5.75 Å². The Bertz CT molecular complexity index is 987. The van der Waals surface area contributed by atoms with Crippen LogP contribution in [0.3, 0.4) is 0 Å². The van der Waals surface area contributed by atoms with Gasteiger partial charge in [0.05, 0.1) is 16.8 Å². The van der Waals surface area contributed by atoms with Crippen molar-refractivity contribution in [2.24, 2.45) is 5.10 Å². The van der Waals surface area contributed by atoms with Gasteiger partial charge < -0.3 is 5.11 Å². The fourth-order valence-corrected chi connectivity index (χ4v) is 2.37. The van der Waals surface area contributed by atoms with Gasteiger partial charge in [-0.2, -0.15) is 14.9 Å². The summed E-state index contributed by atoms with van der Waals surface area (Å²) in [6.45, 7) is 5.46. The summed E-state index contributed by atoms with van der Waals surface area (Å²) >= 11 is 0. The molecule has 2 aromatic heterocycles. The number of aromatic hydroxyl groups is 1. The molecule has 0 radical (unpaired) electrons. The first-order chi connectivity index (χ1) is 11.9. The molecule has 3 aromatic rings. The highest BCUT2D eigenvalue weighted by atomic mass is 16.6. The van der Waals surface area contributed by atoms with Gasteiger partial charge >= 0.3 is 5.69 Å². The van der Waals surface area contributed by atoms with Crippen molar-refractivity contribution in [2.75, 3.05) is 0 Å². The van der Waals surface area contributed by atoms with E-state index in [1.54, 1.807) is 11.6 Å². The first-order valence-corrected chi connectivity index (χ1v) is 7.35.